The van der Waals surface area contributed by atoms with Gasteiger partial charge in [-0.2, -0.15) is 0 Å². The summed E-state index contributed by atoms with van der Waals surface area (Å²) in [6, 6.07) is 8.40. The molecular formula is C21H26N4O. The number of hydrogen-bond donors (Lipinski definition) is 1. The number of rotatable bonds is 4. The zero-order chi connectivity index (χ0) is 17.5. The zero-order valence-corrected chi connectivity index (χ0v) is 15.1. The summed E-state index contributed by atoms with van der Waals surface area (Å²) in [5, 5.41) is 0. The highest BCUT2D eigenvalue weighted by atomic mass is 16.2. The first kappa shape index (κ1) is 16.1. The molecule has 3 saturated heterocycles. The van der Waals surface area contributed by atoms with Crippen molar-refractivity contribution < 1.29 is 4.79 Å². The first-order valence-electron chi connectivity index (χ1n) is 9.89. The summed E-state index contributed by atoms with van der Waals surface area (Å²) in [5.41, 5.74) is 1.74. The number of carbonyl (C=O) groups excluding carboxylic acids is 1. The van der Waals surface area contributed by atoms with Gasteiger partial charge in [0.2, 0.25) is 0 Å². The average Bonchev–Trinajstić information content (AvgIpc) is 3.40. The highest BCUT2D eigenvalue weighted by Crippen LogP contribution is 2.35. The molecule has 1 aromatic carbocycles. The van der Waals surface area contributed by atoms with Crippen LogP contribution in [0.1, 0.15) is 36.0 Å². The first-order valence-corrected chi connectivity index (χ1v) is 9.89. The topological polar surface area (TPSA) is 52.2 Å². The minimum Gasteiger partial charge on any atom is -0.345 e. The van der Waals surface area contributed by atoms with Crippen LogP contribution >= 0.6 is 0 Å². The molecule has 1 aliphatic carbocycles. The van der Waals surface area contributed by atoms with Gasteiger partial charge in [0.25, 0.3) is 5.91 Å². The molecule has 4 aliphatic rings. The monoisotopic (exact) mass is 350 g/mol. The first-order chi connectivity index (χ1) is 12.8. The van der Waals surface area contributed by atoms with Crippen molar-refractivity contribution in [1.82, 2.24) is 19.8 Å². The standard InChI is InChI=1S/C21H26N4O/c26-21(18-3-1-2-17(10-18)20-22-8-9-23-20)25-13-16-6-7-19(14-25)24(12-16)11-15-4-5-15/h1-3,8-10,15-16,19H,4-7,11-14H2,(H,22,23)/t16-,19-/m1/s1. The third-order valence-corrected chi connectivity index (χ3v) is 6.18. The minimum atomic E-state index is 0.170. The van der Waals surface area contributed by atoms with Crippen molar-refractivity contribution in [3.05, 3.63) is 42.2 Å². The Balaban J connectivity index is 1.35. The van der Waals surface area contributed by atoms with Crippen LogP contribution in [0.15, 0.2) is 36.7 Å². The van der Waals surface area contributed by atoms with Gasteiger partial charge in [-0.05, 0) is 49.7 Å². The van der Waals surface area contributed by atoms with E-state index in [9.17, 15) is 4.79 Å². The van der Waals surface area contributed by atoms with Crippen molar-refractivity contribution in [2.24, 2.45) is 11.8 Å². The van der Waals surface area contributed by atoms with Crippen molar-refractivity contribution in [3.63, 3.8) is 0 Å². The summed E-state index contributed by atoms with van der Waals surface area (Å²) in [5.74, 6) is 2.53. The van der Waals surface area contributed by atoms with Gasteiger partial charge in [-0.3, -0.25) is 9.69 Å². The van der Waals surface area contributed by atoms with E-state index in [0.717, 1.165) is 36.0 Å². The van der Waals surface area contributed by atoms with Crippen LogP contribution < -0.4 is 0 Å². The third kappa shape index (κ3) is 3.16. The Labute approximate surface area is 154 Å². The van der Waals surface area contributed by atoms with Crippen LogP contribution in [0, 0.1) is 11.8 Å². The number of H-pyrrole nitrogens is 1. The minimum absolute atomic E-state index is 0.170. The van der Waals surface area contributed by atoms with Crippen LogP contribution in [0.3, 0.4) is 0 Å². The van der Waals surface area contributed by atoms with Gasteiger partial charge in [0, 0.05) is 55.7 Å². The molecular weight excluding hydrogens is 324 g/mol. The number of aromatic nitrogens is 2. The van der Waals surface area contributed by atoms with Gasteiger partial charge >= 0.3 is 0 Å². The van der Waals surface area contributed by atoms with E-state index in [1.807, 2.05) is 30.5 Å². The third-order valence-electron chi connectivity index (χ3n) is 6.18. The average molecular weight is 350 g/mol. The molecule has 4 heterocycles. The van der Waals surface area contributed by atoms with Crippen molar-refractivity contribution in [3.8, 4) is 11.4 Å². The second kappa shape index (κ2) is 6.54. The Morgan fingerprint density at radius 3 is 2.88 bits per heavy atom. The maximum atomic E-state index is 13.2. The zero-order valence-electron chi connectivity index (χ0n) is 15.1. The van der Waals surface area contributed by atoms with E-state index in [0.29, 0.717) is 12.0 Å². The predicted octanol–water partition coefficient (Wildman–Crippen LogP) is 3.02. The van der Waals surface area contributed by atoms with Crippen LogP contribution in [-0.2, 0) is 0 Å². The molecule has 1 N–H and O–H groups in total. The summed E-state index contributed by atoms with van der Waals surface area (Å²) in [7, 11) is 0. The fourth-order valence-electron chi connectivity index (χ4n) is 4.61. The molecule has 2 aromatic rings. The Morgan fingerprint density at radius 1 is 1.15 bits per heavy atom. The summed E-state index contributed by atoms with van der Waals surface area (Å²) in [4.78, 5) is 25.4. The van der Waals surface area contributed by atoms with Crippen molar-refractivity contribution in [2.75, 3.05) is 26.2 Å². The largest absolute Gasteiger partial charge is 0.345 e. The lowest BCUT2D eigenvalue weighted by Crippen LogP contribution is -2.45. The molecule has 5 nitrogen and oxygen atoms in total. The number of hydrogen-bond acceptors (Lipinski definition) is 3. The molecule has 0 spiro atoms. The molecule has 5 heteroatoms. The number of nitrogens with zero attached hydrogens (tertiary/aromatic N) is 3. The van der Waals surface area contributed by atoms with Crippen LogP contribution in [0.4, 0.5) is 0 Å². The van der Waals surface area contributed by atoms with E-state index in [2.05, 4.69) is 19.8 Å². The van der Waals surface area contributed by atoms with Gasteiger partial charge in [0.1, 0.15) is 5.82 Å². The summed E-state index contributed by atoms with van der Waals surface area (Å²) in [6.45, 7) is 4.21. The summed E-state index contributed by atoms with van der Waals surface area (Å²) in [6.07, 6.45) is 8.86. The molecule has 3 aliphatic heterocycles. The molecule has 2 atom stereocenters. The molecule has 0 radical (unpaired) electrons. The van der Waals surface area contributed by atoms with Gasteiger partial charge in [-0.25, -0.2) is 4.98 Å². The highest BCUT2D eigenvalue weighted by Gasteiger charge is 2.38. The summed E-state index contributed by atoms with van der Waals surface area (Å²) < 4.78 is 0. The quantitative estimate of drug-likeness (QED) is 0.922. The van der Waals surface area contributed by atoms with E-state index in [-0.39, 0.29) is 5.91 Å². The molecule has 1 aromatic heterocycles. The second-order valence-electron chi connectivity index (χ2n) is 8.22. The maximum Gasteiger partial charge on any atom is 0.253 e. The van der Waals surface area contributed by atoms with Crippen LogP contribution in [-0.4, -0.2) is 57.9 Å². The number of fused-ring (bicyclic) bond motifs is 4. The smallest absolute Gasteiger partial charge is 0.253 e. The van der Waals surface area contributed by atoms with E-state index >= 15 is 0 Å². The van der Waals surface area contributed by atoms with E-state index in [1.165, 1.54) is 38.8 Å². The van der Waals surface area contributed by atoms with Gasteiger partial charge < -0.3 is 9.88 Å². The number of amides is 1. The fraction of sp³-hybridized carbons (Fsp3) is 0.524. The lowest BCUT2D eigenvalue weighted by molar-refractivity contribution is 0.0737. The Morgan fingerprint density at radius 2 is 2.08 bits per heavy atom. The number of benzene rings is 1. The molecule has 4 fully saturated rings. The lowest BCUT2D eigenvalue weighted by Gasteiger charge is -2.36. The van der Waals surface area contributed by atoms with Crippen molar-refractivity contribution in [2.45, 2.75) is 31.7 Å². The molecule has 6 rings (SSSR count). The Kier molecular flexibility index (Phi) is 4.04. The molecule has 136 valence electrons. The van der Waals surface area contributed by atoms with E-state index in [1.54, 1.807) is 6.20 Å². The Hall–Kier alpha value is -2.14. The highest BCUT2D eigenvalue weighted by molar-refractivity contribution is 5.95. The van der Waals surface area contributed by atoms with E-state index < -0.39 is 0 Å². The fourth-order valence-corrected chi connectivity index (χ4v) is 4.61. The van der Waals surface area contributed by atoms with Crippen molar-refractivity contribution >= 4 is 5.91 Å². The maximum absolute atomic E-state index is 13.2. The second-order valence-corrected chi connectivity index (χ2v) is 8.22. The van der Waals surface area contributed by atoms with E-state index in [4.69, 9.17) is 0 Å². The number of imidazole rings is 1. The number of aromatic amines is 1. The molecule has 2 bridgehead atoms. The van der Waals surface area contributed by atoms with Gasteiger partial charge in [-0.1, -0.05) is 12.1 Å². The van der Waals surface area contributed by atoms with Crippen LogP contribution in [0.5, 0.6) is 0 Å². The SMILES string of the molecule is O=C(c1cccc(-c2ncc[nH]2)c1)N1C[C@@H]2CC[C@H](C1)N(CC1CC1)C2. The number of piperidine rings is 1. The Bertz CT molecular complexity index is 783. The van der Waals surface area contributed by atoms with Gasteiger partial charge in [0.05, 0.1) is 0 Å². The van der Waals surface area contributed by atoms with Gasteiger partial charge in [-0.15, -0.1) is 0 Å². The molecule has 26 heavy (non-hydrogen) atoms. The van der Waals surface area contributed by atoms with Gasteiger partial charge in [0.15, 0.2) is 0 Å². The van der Waals surface area contributed by atoms with Crippen LogP contribution in [0.2, 0.25) is 0 Å². The molecule has 1 saturated carbocycles. The molecule has 0 unspecified atom stereocenters. The molecule has 1 amide bonds. The van der Waals surface area contributed by atoms with Crippen molar-refractivity contribution in [1.29, 1.82) is 0 Å². The number of nitrogens with one attached hydrogen (secondary N) is 1. The number of carbonyl (C=O) groups is 1. The summed E-state index contributed by atoms with van der Waals surface area (Å²) >= 11 is 0. The van der Waals surface area contributed by atoms with Crippen LogP contribution in [0.25, 0.3) is 11.4 Å². The predicted molar refractivity (Wildman–Crippen MR) is 101 cm³/mol. The normalized spacial score (nSPS) is 26.1. The lowest BCUT2D eigenvalue weighted by atomic mass is 9.95.